The van der Waals surface area contributed by atoms with Crippen LogP contribution in [0.4, 0.5) is 0 Å². The lowest BCUT2D eigenvalue weighted by atomic mass is 9.88. The standard InChI is InChI=1S/C9H21NS/c1-8(9(2,3)4)10-6-7-11-5/h8,10H,6-7H2,1-5H3. The van der Waals surface area contributed by atoms with Crippen LogP contribution in [0.15, 0.2) is 0 Å². The van der Waals surface area contributed by atoms with Gasteiger partial charge in [0.15, 0.2) is 0 Å². The van der Waals surface area contributed by atoms with Crippen LogP contribution in [0.5, 0.6) is 0 Å². The van der Waals surface area contributed by atoms with Gasteiger partial charge in [0, 0.05) is 18.3 Å². The molecule has 0 rings (SSSR count). The van der Waals surface area contributed by atoms with Crippen LogP contribution >= 0.6 is 11.8 Å². The van der Waals surface area contributed by atoms with E-state index in [9.17, 15) is 0 Å². The van der Waals surface area contributed by atoms with Gasteiger partial charge in [-0.3, -0.25) is 0 Å². The fourth-order valence-electron chi connectivity index (χ4n) is 0.684. The van der Waals surface area contributed by atoms with Crippen LogP contribution in [0.3, 0.4) is 0 Å². The number of hydrogen-bond acceptors (Lipinski definition) is 2. The van der Waals surface area contributed by atoms with Gasteiger partial charge in [0.05, 0.1) is 0 Å². The first-order valence-corrected chi connectivity index (χ1v) is 5.60. The fraction of sp³-hybridized carbons (Fsp3) is 1.00. The number of rotatable bonds is 4. The molecule has 0 spiro atoms. The Labute approximate surface area is 75.3 Å². The van der Waals surface area contributed by atoms with Crippen molar-refractivity contribution >= 4 is 11.8 Å². The minimum atomic E-state index is 0.387. The van der Waals surface area contributed by atoms with Crippen molar-refractivity contribution in [1.82, 2.24) is 5.32 Å². The van der Waals surface area contributed by atoms with Gasteiger partial charge in [-0.15, -0.1) is 0 Å². The lowest BCUT2D eigenvalue weighted by Crippen LogP contribution is -2.38. The Bertz CT molecular complexity index is 96.2. The zero-order valence-corrected chi connectivity index (χ0v) is 9.22. The van der Waals surface area contributed by atoms with Crippen molar-refractivity contribution in [2.24, 2.45) is 5.41 Å². The topological polar surface area (TPSA) is 12.0 Å². The smallest absolute Gasteiger partial charge is 0.00876 e. The highest BCUT2D eigenvalue weighted by Crippen LogP contribution is 2.18. The Balaban J connectivity index is 3.44. The first kappa shape index (κ1) is 11.3. The minimum absolute atomic E-state index is 0.387. The Kier molecular flexibility index (Phi) is 5.19. The molecule has 0 aromatic carbocycles. The maximum absolute atomic E-state index is 3.50. The Hall–Kier alpha value is 0.310. The highest BCUT2D eigenvalue weighted by molar-refractivity contribution is 7.98. The van der Waals surface area contributed by atoms with Gasteiger partial charge < -0.3 is 5.32 Å². The maximum Gasteiger partial charge on any atom is 0.00876 e. The molecule has 1 atom stereocenters. The van der Waals surface area contributed by atoms with E-state index in [2.05, 4.69) is 39.3 Å². The van der Waals surface area contributed by atoms with Gasteiger partial charge >= 0.3 is 0 Å². The predicted molar refractivity (Wildman–Crippen MR) is 55.3 cm³/mol. The summed E-state index contributed by atoms with van der Waals surface area (Å²) in [5, 5.41) is 3.50. The van der Waals surface area contributed by atoms with Gasteiger partial charge in [-0.05, 0) is 18.6 Å². The summed E-state index contributed by atoms with van der Waals surface area (Å²) in [5.74, 6) is 1.21. The van der Waals surface area contributed by atoms with Crippen LogP contribution in [0, 0.1) is 5.41 Å². The molecular weight excluding hydrogens is 154 g/mol. The molecule has 68 valence electrons. The Morgan fingerprint density at radius 2 is 1.91 bits per heavy atom. The van der Waals surface area contributed by atoms with Crippen LogP contribution in [0.2, 0.25) is 0 Å². The first-order chi connectivity index (χ1) is 4.98. The molecule has 0 saturated heterocycles. The third-order valence-corrected chi connectivity index (χ3v) is 2.67. The second-order valence-electron chi connectivity index (χ2n) is 4.03. The summed E-state index contributed by atoms with van der Waals surface area (Å²) in [4.78, 5) is 0. The molecule has 0 heterocycles. The van der Waals surface area contributed by atoms with Gasteiger partial charge in [0.1, 0.15) is 0 Å². The van der Waals surface area contributed by atoms with Gasteiger partial charge in [0.2, 0.25) is 0 Å². The van der Waals surface area contributed by atoms with E-state index in [1.807, 2.05) is 11.8 Å². The zero-order chi connectivity index (χ0) is 8.91. The predicted octanol–water partition coefficient (Wildman–Crippen LogP) is 2.37. The van der Waals surface area contributed by atoms with Crippen molar-refractivity contribution in [3.8, 4) is 0 Å². The van der Waals surface area contributed by atoms with Crippen LogP contribution < -0.4 is 5.32 Å². The summed E-state index contributed by atoms with van der Waals surface area (Å²) in [6.45, 7) is 10.2. The lowest BCUT2D eigenvalue weighted by molar-refractivity contribution is 0.291. The molecular formula is C9H21NS. The highest BCUT2D eigenvalue weighted by Gasteiger charge is 2.18. The molecule has 0 bridgehead atoms. The van der Waals surface area contributed by atoms with Crippen molar-refractivity contribution in [3.63, 3.8) is 0 Å². The molecule has 1 N–H and O–H groups in total. The molecule has 2 heteroatoms. The monoisotopic (exact) mass is 175 g/mol. The van der Waals surface area contributed by atoms with Crippen LogP contribution in [0.25, 0.3) is 0 Å². The molecule has 0 aliphatic heterocycles. The quantitative estimate of drug-likeness (QED) is 0.658. The molecule has 0 aromatic rings. The van der Waals surface area contributed by atoms with E-state index >= 15 is 0 Å². The molecule has 0 aliphatic rings. The number of thioether (sulfide) groups is 1. The molecule has 1 nitrogen and oxygen atoms in total. The van der Waals surface area contributed by atoms with Crippen LogP contribution in [-0.4, -0.2) is 24.6 Å². The Morgan fingerprint density at radius 1 is 1.36 bits per heavy atom. The van der Waals surface area contributed by atoms with Crippen molar-refractivity contribution in [2.45, 2.75) is 33.7 Å². The summed E-state index contributed by atoms with van der Waals surface area (Å²) >= 11 is 1.89. The van der Waals surface area contributed by atoms with Gasteiger partial charge in [-0.25, -0.2) is 0 Å². The fourth-order valence-corrected chi connectivity index (χ4v) is 1.01. The average molecular weight is 175 g/mol. The summed E-state index contributed by atoms with van der Waals surface area (Å²) in [6, 6.07) is 0.606. The summed E-state index contributed by atoms with van der Waals surface area (Å²) in [7, 11) is 0. The minimum Gasteiger partial charge on any atom is -0.313 e. The van der Waals surface area contributed by atoms with E-state index in [0.29, 0.717) is 11.5 Å². The molecule has 0 radical (unpaired) electrons. The highest BCUT2D eigenvalue weighted by atomic mass is 32.2. The molecule has 0 amide bonds. The lowest BCUT2D eigenvalue weighted by Gasteiger charge is -2.28. The summed E-state index contributed by atoms with van der Waals surface area (Å²) in [6.07, 6.45) is 2.14. The summed E-state index contributed by atoms with van der Waals surface area (Å²) in [5.41, 5.74) is 0.387. The maximum atomic E-state index is 3.50. The second-order valence-corrected chi connectivity index (χ2v) is 5.02. The van der Waals surface area contributed by atoms with E-state index in [0.717, 1.165) is 6.54 Å². The van der Waals surface area contributed by atoms with E-state index in [4.69, 9.17) is 0 Å². The second kappa shape index (κ2) is 5.04. The Morgan fingerprint density at radius 3 is 2.27 bits per heavy atom. The van der Waals surface area contributed by atoms with Crippen molar-refractivity contribution in [2.75, 3.05) is 18.6 Å². The van der Waals surface area contributed by atoms with Gasteiger partial charge in [-0.2, -0.15) is 11.8 Å². The molecule has 11 heavy (non-hydrogen) atoms. The number of hydrogen-bond donors (Lipinski definition) is 1. The largest absolute Gasteiger partial charge is 0.313 e. The van der Waals surface area contributed by atoms with Crippen molar-refractivity contribution < 1.29 is 0 Å². The van der Waals surface area contributed by atoms with E-state index in [1.165, 1.54) is 5.75 Å². The van der Waals surface area contributed by atoms with Gasteiger partial charge in [-0.1, -0.05) is 20.8 Å². The average Bonchev–Trinajstić information content (AvgIpc) is 1.86. The zero-order valence-electron chi connectivity index (χ0n) is 8.40. The summed E-state index contributed by atoms with van der Waals surface area (Å²) < 4.78 is 0. The first-order valence-electron chi connectivity index (χ1n) is 4.21. The van der Waals surface area contributed by atoms with E-state index < -0.39 is 0 Å². The molecule has 1 unspecified atom stereocenters. The molecule has 0 aromatic heterocycles. The molecule has 0 aliphatic carbocycles. The van der Waals surface area contributed by atoms with Crippen LogP contribution in [0.1, 0.15) is 27.7 Å². The molecule has 0 fully saturated rings. The van der Waals surface area contributed by atoms with E-state index in [1.54, 1.807) is 0 Å². The molecule has 0 saturated carbocycles. The van der Waals surface area contributed by atoms with E-state index in [-0.39, 0.29) is 0 Å². The van der Waals surface area contributed by atoms with Crippen molar-refractivity contribution in [1.29, 1.82) is 0 Å². The third-order valence-electron chi connectivity index (χ3n) is 2.06. The van der Waals surface area contributed by atoms with Crippen molar-refractivity contribution in [3.05, 3.63) is 0 Å². The SMILES string of the molecule is CSCCNC(C)C(C)(C)C. The van der Waals surface area contributed by atoms with Crippen LogP contribution in [-0.2, 0) is 0 Å². The van der Waals surface area contributed by atoms with Gasteiger partial charge in [0.25, 0.3) is 0 Å². The third kappa shape index (κ3) is 5.57. The normalized spacial score (nSPS) is 15.0. The number of nitrogens with one attached hydrogen (secondary N) is 1.